The summed E-state index contributed by atoms with van der Waals surface area (Å²) in [7, 11) is 0. The molecule has 0 unspecified atom stereocenters. The molecule has 0 atom stereocenters. The van der Waals surface area contributed by atoms with Crippen LogP contribution in [-0.4, -0.2) is 17.2 Å². The molecule has 2 fully saturated rings. The Morgan fingerprint density at radius 2 is 2.17 bits per heavy atom. The van der Waals surface area contributed by atoms with E-state index < -0.39 is 5.97 Å². The highest BCUT2D eigenvalue weighted by Gasteiger charge is 2.46. The van der Waals surface area contributed by atoms with Crippen molar-refractivity contribution in [3.8, 4) is 5.75 Å². The van der Waals surface area contributed by atoms with Crippen molar-refractivity contribution in [3.05, 3.63) is 28.2 Å². The third kappa shape index (κ3) is 2.39. The maximum absolute atomic E-state index is 10.9. The highest BCUT2D eigenvalue weighted by atomic mass is 79.9. The molecule has 0 aliphatic heterocycles. The number of carbonyl (C=O) groups is 1. The zero-order valence-electron chi connectivity index (χ0n) is 9.99. The standard InChI is InChI=1S/C14H15BrO3/c15-11-7-9(14(5-6-14)8-13(16)17)1-4-12(11)18-10-2-3-10/h1,4,7,10H,2-3,5-6,8H2,(H,16,17). The molecule has 0 bridgehead atoms. The molecule has 1 N–H and O–H groups in total. The Balaban J connectivity index is 1.80. The molecule has 0 saturated heterocycles. The molecule has 0 radical (unpaired) electrons. The number of ether oxygens (including phenoxy) is 1. The average molecular weight is 311 g/mol. The summed E-state index contributed by atoms with van der Waals surface area (Å²) < 4.78 is 6.70. The van der Waals surface area contributed by atoms with Gasteiger partial charge in [-0.3, -0.25) is 4.79 Å². The molecule has 3 rings (SSSR count). The number of benzene rings is 1. The van der Waals surface area contributed by atoms with Crippen molar-refractivity contribution in [3.63, 3.8) is 0 Å². The normalized spacial score (nSPS) is 20.5. The molecule has 0 aromatic heterocycles. The van der Waals surface area contributed by atoms with Crippen LogP contribution in [-0.2, 0) is 10.2 Å². The number of carboxylic acids is 1. The first-order valence-corrected chi connectivity index (χ1v) is 7.07. The van der Waals surface area contributed by atoms with Crippen LogP contribution in [0.3, 0.4) is 0 Å². The second-order valence-electron chi connectivity index (χ2n) is 5.31. The number of hydrogen-bond acceptors (Lipinski definition) is 2. The zero-order chi connectivity index (χ0) is 12.8. The lowest BCUT2D eigenvalue weighted by Gasteiger charge is -2.15. The molecular weight excluding hydrogens is 296 g/mol. The summed E-state index contributed by atoms with van der Waals surface area (Å²) in [6.45, 7) is 0. The number of rotatable bonds is 5. The molecule has 0 heterocycles. The lowest BCUT2D eigenvalue weighted by molar-refractivity contribution is -0.137. The molecule has 2 aliphatic rings. The van der Waals surface area contributed by atoms with Gasteiger partial charge in [-0.15, -0.1) is 0 Å². The summed E-state index contributed by atoms with van der Waals surface area (Å²) in [6.07, 6.45) is 4.81. The van der Waals surface area contributed by atoms with Gasteiger partial charge in [0.25, 0.3) is 0 Å². The van der Waals surface area contributed by atoms with E-state index >= 15 is 0 Å². The number of halogens is 1. The van der Waals surface area contributed by atoms with Gasteiger partial charge in [-0.1, -0.05) is 6.07 Å². The third-order valence-electron chi connectivity index (χ3n) is 3.71. The predicted octanol–water partition coefficient (Wildman–Crippen LogP) is 3.50. The van der Waals surface area contributed by atoms with Crippen LogP contribution in [0.2, 0.25) is 0 Å². The predicted molar refractivity (Wildman–Crippen MR) is 71.0 cm³/mol. The quantitative estimate of drug-likeness (QED) is 0.905. The highest BCUT2D eigenvalue weighted by molar-refractivity contribution is 9.10. The zero-order valence-corrected chi connectivity index (χ0v) is 11.6. The van der Waals surface area contributed by atoms with Crippen LogP contribution < -0.4 is 4.74 Å². The number of carboxylic acid groups (broad SMARTS) is 1. The second kappa shape index (κ2) is 4.26. The summed E-state index contributed by atoms with van der Waals surface area (Å²) in [4.78, 5) is 10.9. The van der Waals surface area contributed by atoms with Gasteiger partial charge in [0.15, 0.2) is 0 Å². The highest BCUT2D eigenvalue weighted by Crippen LogP contribution is 2.52. The first-order valence-electron chi connectivity index (χ1n) is 6.28. The van der Waals surface area contributed by atoms with Crippen LogP contribution in [0.15, 0.2) is 22.7 Å². The topological polar surface area (TPSA) is 46.5 Å². The van der Waals surface area contributed by atoms with Crippen LogP contribution in [0.5, 0.6) is 5.75 Å². The van der Waals surface area contributed by atoms with Crippen LogP contribution in [0.1, 0.15) is 37.7 Å². The van der Waals surface area contributed by atoms with Crippen molar-refractivity contribution < 1.29 is 14.6 Å². The van der Waals surface area contributed by atoms with E-state index in [1.807, 2.05) is 18.2 Å². The van der Waals surface area contributed by atoms with Crippen molar-refractivity contribution in [1.29, 1.82) is 0 Å². The van der Waals surface area contributed by atoms with E-state index in [1.165, 1.54) is 0 Å². The van der Waals surface area contributed by atoms with E-state index in [0.717, 1.165) is 41.5 Å². The molecule has 2 aliphatic carbocycles. The fourth-order valence-electron chi connectivity index (χ4n) is 2.30. The Morgan fingerprint density at radius 1 is 1.44 bits per heavy atom. The fraction of sp³-hybridized carbons (Fsp3) is 0.500. The number of hydrogen-bond donors (Lipinski definition) is 1. The summed E-state index contributed by atoms with van der Waals surface area (Å²) in [5.74, 6) is 0.148. The Kier molecular flexibility index (Phi) is 2.85. The minimum Gasteiger partial charge on any atom is -0.489 e. The summed E-state index contributed by atoms with van der Waals surface area (Å²) in [6, 6.07) is 5.99. The molecule has 4 heteroatoms. The molecule has 0 spiro atoms. The van der Waals surface area contributed by atoms with Crippen LogP contribution in [0, 0.1) is 0 Å². The molecule has 2 saturated carbocycles. The van der Waals surface area contributed by atoms with E-state index in [1.54, 1.807) is 0 Å². The lowest BCUT2D eigenvalue weighted by atomic mass is 9.92. The Morgan fingerprint density at radius 3 is 2.67 bits per heavy atom. The van der Waals surface area contributed by atoms with Gasteiger partial charge in [0, 0.05) is 5.41 Å². The fourth-order valence-corrected chi connectivity index (χ4v) is 2.77. The largest absolute Gasteiger partial charge is 0.489 e. The van der Waals surface area contributed by atoms with Crippen LogP contribution >= 0.6 is 15.9 Å². The van der Waals surface area contributed by atoms with Gasteiger partial charge in [0.05, 0.1) is 17.0 Å². The van der Waals surface area contributed by atoms with Crippen molar-refractivity contribution in [2.75, 3.05) is 0 Å². The first kappa shape index (κ1) is 12.0. The van der Waals surface area contributed by atoms with Crippen molar-refractivity contribution >= 4 is 21.9 Å². The lowest BCUT2D eigenvalue weighted by Crippen LogP contribution is -2.13. The maximum atomic E-state index is 10.9. The average Bonchev–Trinajstić information content (AvgIpc) is 3.17. The molecule has 0 amide bonds. The second-order valence-corrected chi connectivity index (χ2v) is 6.17. The van der Waals surface area contributed by atoms with Crippen molar-refractivity contribution in [2.45, 2.75) is 43.6 Å². The van der Waals surface area contributed by atoms with Crippen LogP contribution in [0.25, 0.3) is 0 Å². The summed E-state index contributed by atoms with van der Waals surface area (Å²) >= 11 is 3.52. The van der Waals surface area contributed by atoms with E-state index in [0.29, 0.717) is 6.10 Å². The van der Waals surface area contributed by atoms with Crippen molar-refractivity contribution in [1.82, 2.24) is 0 Å². The van der Waals surface area contributed by atoms with Gasteiger partial charge in [-0.25, -0.2) is 0 Å². The van der Waals surface area contributed by atoms with Gasteiger partial charge in [-0.2, -0.15) is 0 Å². The minimum atomic E-state index is -0.720. The first-order chi connectivity index (χ1) is 8.59. The third-order valence-corrected chi connectivity index (χ3v) is 4.33. The molecule has 1 aromatic carbocycles. The molecular formula is C14H15BrO3. The van der Waals surface area contributed by atoms with E-state index in [-0.39, 0.29) is 11.8 Å². The Labute approximate surface area is 114 Å². The summed E-state index contributed by atoms with van der Waals surface area (Å²) in [5.41, 5.74) is 0.979. The van der Waals surface area contributed by atoms with Gasteiger partial charge >= 0.3 is 5.97 Å². The Hall–Kier alpha value is -1.03. The molecule has 1 aromatic rings. The monoisotopic (exact) mass is 310 g/mol. The summed E-state index contributed by atoms with van der Waals surface area (Å²) in [5, 5.41) is 8.97. The maximum Gasteiger partial charge on any atom is 0.304 e. The smallest absolute Gasteiger partial charge is 0.304 e. The SMILES string of the molecule is O=C(O)CC1(c2ccc(OC3CC3)c(Br)c2)CC1. The van der Waals surface area contributed by atoms with Gasteiger partial charge < -0.3 is 9.84 Å². The molecule has 96 valence electrons. The Bertz CT molecular complexity index is 490. The van der Waals surface area contributed by atoms with Gasteiger partial charge in [0.1, 0.15) is 5.75 Å². The van der Waals surface area contributed by atoms with Gasteiger partial charge in [0.2, 0.25) is 0 Å². The molecule has 18 heavy (non-hydrogen) atoms. The minimum absolute atomic E-state index is 0.132. The van der Waals surface area contributed by atoms with E-state index in [9.17, 15) is 4.79 Å². The number of aliphatic carboxylic acids is 1. The van der Waals surface area contributed by atoms with E-state index in [4.69, 9.17) is 9.84 Å². The van der Waals surface area contributed by atoms with E-state index in [2.05, 4.69) is 15.9 Å². The molecule has 3 nitrogen and oxygen atoms in total. The van der Waals surface area contributed by atoms with Gasteiger partial charge in [-0.05, 0) is 59.3 Å². The van der Waals surface area contributed by atoms with Crippen LogP contribution in [0.4, 0.5) is 0 Å². The van der Waals surface area contributed by atoms with Crippen molar-refractivity contribution in [2.24, 2.45) is 0 Å².